The van der Waals surface area contributed by atoms with Gasteiger partial charge in [-0.15, -0.1) is 11.3 Å². The van der Waals surface area contributed by atoms with Gasteiger partial charge in [-0.25, -0.2) is 0 Å². The van der Waals surface area contributed by atoms with Gasteiger partial charge >= 0.3 is 0 Å². The molecule has 137 heavy (non-hydrogen) atoms. The number of aryl methyl sites for hydroxylation is 3. The standard InChI is InChI=1S/C18H12.C18H14.2C14H10.C13H11N.C13H10.C12H8O.C12H8S.C10H8.C8H10.2CH4/c1-2-8-14-13(7-1)15-9-3-4-11-17(15)18-12-6-5-10-16(14)18;1-3-8-15(9-4-1)17-12-7-13-18(14-17)16-10-5-2-6-11-16;1-3-7-13-11(5-1)9-10-12-6-2-4-8-14(12)13;1-2-6-12-10-14-8-4-3-7-13(14)9-11(12)5-1;1-14-12-8-4-2-6-10(12)11-7-3-5-9-13(11)14;1-3-7-12-10(5-1)9-11-6-2-4-8-13(11)12;2*1-3-7-11-9(5-1)10-6-2-4-8-12(10)13-11;1-2-6-10-8-4-3-7-9(10)5-1;1-7-3-5-8(2)6-4-7;;/h1-12H;1-14H;2*1-10H;2-9H,1H3;1-8H,9H2;2*1-8H;1-8H;3-6H,1-2H3;2*1H4. The maximum atomic E-state index is 5.65. The van der Waals surface area contributed by atoms with Crippen LogP contribution in [0.2, 0.25) is 0 Å². The van der Waals surface area contributed by atoms with Gasteiger partial charge in [-0.1, -0.05) is 517 Å². The van der Waals surface area contributed by atoms with Crippen LogP contribution < -0.4 is 0 Å². The summed E-state index contributed by atoms with van der Waals surface area (Å²) in [7, 11) is 2.12. The molecule has 0 bridgehead atoms. The van der Waals surface area contributed by atoms with Crippen LogP contribution in [0.1, 0.15) is 37.1 Å². The lowest BCUT2D eigenvalue weighted by Crippen LogP contribution is -1.84. The third kappa shape index (κ3) is 21.6. The lowest BCUT2D eigenvalue weighted by molar-refractivity contribution is 0.669. The van der Waals surface area contributed by atoms with E-state index >= 15 is 0 Å². The van der Waals surface area contributed by atoms with E-state index in [0.717, 1.165) is 17.6 Å². The summed E-state index contributed by atoms with van der Waals surface area (Å²) >= 11 is 1.86. The summed E-state index contributed by atoms with van der Waals surface area (Å²) in [6.45, 7) is 4.19. The minimum Gasteiger partial charge on any atom is -0.456 e. The van der Waals surface area contributed by atoms with Crippen LogP contribution >= 0.6 is 11.3 Å². The summed E-state index contributed by atoms with van der Waals surface area (Å²) in [5.41, 5.74) is 18.0. The minimum absolute atomic E-state index is 0. The van der Waals surface area contributed by atoms with E-state index in [1.807, 2.05) is 59.9 Å². The Balaban J connectivity index is 0.000000106. The van der Waals surface area contributed by atoms with Gasteiger partial charge in [-0.2, -0.15) is 0 Å². The third-order valence-corrected chi connectivity index (χ3v) is 26.1. The molecule has 0 saturated carbocycles. The summed E-state index contributed by atoms with van der Waals surface area (Å²) in [6.07, 6.45) is 1.10. The van der Waals surface area contributed by atoms with Crippen LogP contribution in [-0.2, 0) is 13.5 Å². The number of thiophene rings is 1. The first-order valence-electron chi connectivity index (χ1n) is 46.3. The van der Waals surface area contributed by atoms with E-state index in [4.69, 9.17) is 4.42 Å². The molecule has 0 unspecified atom stereocenters. The molecule has 24 aromatic carbocycles. The van der Waals surface area contributed by atoms with Crippen LogP contribution in [0.15, 0.2) is 550 Å². The Morgan fingerprint density at radius 1 is 0.190 bits per heavy atom. The van der Waals surface area contributed by atoms with Crippen LogP contribution in [0, 0.1) is 13.8 Å². The van der Waals surface area contributed by atoms with Crippen molar-refractivity contribution in [1.29, 1.82) is 0 Å². The number of benzene rings is 24. The highest BCUT2D eigenvalue weighted by atomic mass is 32.1. The van der Waals surface area contributed by atoms with Crippen LogP contribution in [0.25, 0.3) is 183 Å². The third-order valence-electron chi connectivity index (χ3n) is 25.0. The zero-order valence-electron chi connectivity index (χ0n) is 75.9. The van der Waals surface area contributed by atoms with Gasteiger partial charge in [0, 0.05) is 59.8 Å². The average molecular weight is 1780 g/mol. The molecular weight excluding hydrogens is 1670 g/mol. The Hall–Kier alpha value is -16.8. The Kier molecular flexibility index (Phi) is 30.0. The monoisotopic (exact) mass is 1780 g/mol. The zero-order valence-corrected chi connectivity index (χ0v) is 76.7. The predicted molar refractivity (Wildman–Crippen MR) is 601 cm³/mol. The number of hydrogen-bond acceptors (Lipinski definition) is 2. The van der Waals surface area contributed by atoms with E-state index in [9.17, 15) is 0 Å². The SMILES string of the molecule is C.C.Cc1ccc(C)cc1.Cn1c2ccccc2c2ccccc21.c1ccc(-c2cccc(-c3ccccc3)c2)cc1.c1ccc2c(c1)Cc1ccccc1-2.c1ccc2c(c1)c1ccccc1c1ccccc21.c1ccc2c(c1)ccc1ccccc12.c1ccc2c(c1)oc1ccccc12.c1ccc2c(c1)sc1ccccc12.c1ccc2cc3ccccc3cc2c1.c1ccc2ccccc2c1. The van der Waals surface area contributed by atoms with E-state index in [0.29, 0.717) is 0 Å². The summed E-state index contributed by atoms with van der Waals surface area (Å²) < 4.78 is 10.6. The number of fused-ring (bicyclic) bond motifs is 24. The molecule has 1 aliphatic rings. The molecule has 0 saturated heterocycles. The van der Waals surface area contributed by atoms with Crippen molar-refractivity contribution >= 4 is 161 Å². The highest BCUT2D eigenvalue weighted by molar-refractivity contribution is 7.25. The molecule has 3 aromatic heterocycles. The average Bonchev–Trinajstić information content (AvgIpc) is 1.68. The summed E-state index contributed by atoms with van der Waals surface area (Å²) in [4.78, 5) is 0. The van der Waals surface area contributed by atoms with Crippen molar-refractivity contribution in [3.05, 3.63) is 568 Å². The number of furan rings is 1. The lowest BCUT2D eigenvalue weighted by atomic mass is 9.95. The number of hydrogen-bond donors (Lipinski definition) is 0. The molecule has 1 aliphatic carbocycles. The van der Waals surface area contributed by atoms with E-state index < -0.39 is 0 Å². The van der Waals surface area contributed by atoms with Gasteiger partial charge in [0.05, 0.1) is 0 Å². The van der Waals surface area contributed by atoms with Gasteiger partial charge in [-0.3, -0.25) is 0 Å². The van der Waals surface area contributed by atoms with E-state index in [-0.39, 0.29) is 14.9 Å². The van der Waals surface area contributed by atoms with Gasteiger partial charge in [0.15, 0.2) is 0 Å². The van der Waals surface area contributed by atoms with Crippen LogP contribution in [0.5, 0.6) is 0 Å². The largest absolute Gasteiger partial charge is 0.456 e. The molecule has 0 atom stereocenters. The van der Waals surface area contributed by atoms with E-state index in [1.54, 1.807) is 0 Å². The number of rotatable bonds is 2. The van der Waals surface area contributed by atoms with E-state index in [2.05, 4.69) is 523 Å². The second-order valence-corrected chi connectivity index (χ2v) is 34.9. The normalized spacial score (nSPS) is 10.7. The minimum atomic E-state index is 0. The Morgan fingerprint density at radius 2 is 0.445 bits per heavy atom. The first-order valence-corrected chi connectivity index (χ1v) is 47.1. The molecular formula is C134H109NOS. The van der Waals surface area contributed by atoms with Gasteiger partial charge in [0.2, 0.25) is 0 Å². The highest BCUT2D eigenvalue weighted by Crippen LogP contribution is 2.39. The highest BCUT2D eigenvalue weighted by Gasteiger charge is 2.17. The summed E-state index contributed by atoms with van der Waals surface area (Å²) in [5.74, 6) is 0. The Morgan fingerprint density at radius 3 is 0.803 bits per heavy atom. The number of aromatic nitrogens is 1. The van der Waals surface area contributed by atoms with Crippen molar-refractivity contribution in [2.75, 3.05) is 0 Å². The van der Waals surface area contributed by atoms with Crippen molar-refractivity contribution in [3.8, 4) is 33.4 Å². The zero-order chi connectivity index (χ0) is 91.3. The molecule has 3 heterocycles. The molecule has 0 spiro atoms. The molecule has 0 aliphatic heterocycles. The lowest BCUT2D eigenvalue weighted by Gasteiger charge is -2.09. The Labute approximate surface area is 808 Å². The summed E-state index contributed by atoms with van der Waals surface area (Å²) in [5, 5.41) is 29.0. The van der Waals surface area contributed by atoms with Crippen molar-refractivity contribution in [2.45, 2.75) is 35.1 Å². The quantitative estimate of drug-likeness (QED) is 0.125. The van der Waals surface area contributed by atoms with Crippen molar-refractivity contribution in [2.24, 2.45) is 7.05 Å². The molecule has 2 nitrogen and oxygen atoms in total. The molecule has 27 aromatic rings. The fraction of sp³-hybridized carbons (Fsp3) is 0.0448. The molecule has 0 N–H and O–H groups in total. The van der Waals surface area contributed by atoms with Gasteiger partial charge in [0.1, 0.15) is 11.2 Å². The van der Waals surface area contributed by atoms with Crippen LogP contribution in [0.4, 0.5) is 0 Å². The summed E-state index contributed by atoms with van der Waals surface area (Å²) in [6, 6.07) is 191. The maximum absolute atomic E-state index is 5.65. The van der Waals surface area contributed by atoms with Gasteiger partial charge in [0.25, 0.3) is 0 Å². The molecule has 28 rings (SSSR count). The fourth-order valence-corrected chi connectivity index (χ4v) is 19.3. The van der Waals surface area contributed by atoms with Crippen LogP contribution in [0.3, 0.4) is 0 Å². The number of nitrogens with zero attached hydrogens (tertiary/aromatic N) is 1. The van der Waals surface area contributed by atoms with Crippen molar-refractivity contribution in [3.63, 3.8) is 0 Å². The second kappa shape index (κ2) is 44.6. The first-order chi connectivity index (χ1) is 66.7. The van der Waals surface area contributed by atoms with E-state index in [1.165, 1.54) is 195 Å². The molecule has 0 radical (unpaired) electrons. The number of para-hydroxylation sites is 4. The van der Waals surface area contributed by atoms with Crippen molar-refractivity contribution < 1.29 is 4.42 Å². The van der Waals surface area contributed by atoms with Gasteiger partial charge in [-0.05, 0) is 206 Å². The molecule has 662 valence electrons. The molecule has 0 fully saturated rings. The topological polar surface area (TPSA) is 18.1 Å². The maximum Gasteiger partial charge on any atom is 0.135 e. The molecule has 3 heteroatoms. The predicted octanol–water partition coefficient (Wildman–Crippen LogP) is 38.8. The van der Waals surface area contributed by atoms with Crippen LogP contribution in [-0.4, -0.2) is 4.57 Å². The second-order valence-electron chi connectivity index (χ2n) is 33.8. The first kappa shape index (κ1) is 92.0. The molecule has 0 amide bonds. The van der Waals surface area contributed by atoms with Gasteiger partial charge < -0.3 is 8.98 Å². The smallest absolute Gasteiger partial charge is 0.135 e. The fourth-order valence-electron chi connectivity index (χ4n) is 18.2. The van der Waals surface area contributed by atoms with Crippen molar-refractivity contribution in [1.82, 2.24) is 4.57 Å². The Bertz CT molecular complexity index is 7860.